The van der Waals surface area contributed by atoms with Gasteiger partial charge in [0.15, 0.2) is 0 Å². The molecule has 0 amide bonds. The lowest BCUT2D eigenvalue weighted by Gasteiger charge is -2.07. The molecule has 21 heavy (non-hydrogen) atoms. The average molecular weight is 390 g/mol. The molecule has 0 unspecified atom stereocenters. The van der Waals surface area contributed by atoms with Gasteiger partial charge in [-0.2, -0.15) is 0 Å². The molecule has 2 aromatic rings. The van der Waals surface area contributed by atoms with Crippen LogP contribution in [0.5, 0.6) is 5.75 Å². The Kier molecular flexibility index (Phi) is 6.37. The predicted molar refractivity (Wildman–Crippen MR) is 91.4 cm³/mol. The maximum absolute atomic E-state index is 6.16. The first kappa shape index (κ1) is 16.6. The van der Waals surface area contributed by atoms with Gasteiger partial charge in [-0.1, -0.05) is 29.3 Å². The molecule has 5 heteroatoms. The van der Waals surface area contributed by atoms with Crippen LogP contribution in [0.25, 0.3) is 0 Å². The van der Waals surface area contributed by atoms with Crippen LogP contribution >= 0.6 is 39.1 Å². The highest BCUT2D eigenvalue weighted by Crippen LogP contribution is 2.25. The van der Waals surface area contributed by atoms with Crippen LogP contribution in [0, 0.1) is 0 Å². The molecular weight excluding hydrogens is 373 g/mol. The van der Waals surface area contributed by atoms with Gasteiger partial charge < -0.3 is 10.1 Å². The van der Waals surface area contributed by atoms with E-state index in [9.17, 15) is 0 Å². The summed E-state index contributed by atoms with van der Waals surface area (Å²) in [5.74, 6) is 0.853. The molecule has 0 saturated heterocycles. The predicted octanol–water partition coefficient (Wildman–Crippen LogP) is 4.07. The monoisotopic (exact) mass is 388 g/mol. The molecule has 2 aromatic carbocycles. The molecule has 0 aromatic heterocycles. The van der Waals surface area contributed by atoms with Gasteiger partial charge in [0.1, 0.15) is 12.3 Å². The molecule has 0 aliphatic carbocycles. The SMILES string of the molecule is COc1ccc(C[NH2+]CCc2ccc(Cl)cc2Cl)cc1Br. The number of methoxy groups -OCH3 is 1. The lowest BCUT2D eigenvalue weighted by Crippen LogP contribution is -2.83. The van der Waals surface area contributed by atoms with E-state index >= 15 is 0 Å². The molecule has 2 N–H and O–H groups in total. The number of benzene rings is 2. The zero-order chi connectivity index (χ0) is 15.2. The summed E-state index contributed by atoms with van der Waals surface area (Å²) in [5.41, 5.74) is 2.39. The van der Waals surface area contributed by atoms with Crippen LogP contribution in [0.2, 0.25) is 10.0 Å². The standard InChI is InChI=1S/C16H16BrCl2NO/c1-21-16-5-2-11(8-14(16)17)10-20-7-6-12-3-4-13(18)9-15(12)19/h2-5,8-9,20H,6-7,10H2,1H3/p+1. The van der Waals surface area contributed by atoms with Crippen LogP contribution in [0.15, 0.2) is 40.9 Å². The third kappa shape index (κ3) is 4.89. The normalized spacial score (nSPS) is 10.7. The lowest BCUT2D eigenvalue weighted by molar-refractivity contribution is -0.670. The molecule has 0 radical (unpaired) electrons. The lowest BCUT2D eigenvalue weighted by atomic mass is 10.1. The molecule has 0 heterocycles. The number of halogens is 3. The van der Waals surface area contributed by atoms with Crippen LogP contribution < -0.4 is 10.1 Å². The summed E-state index contributed by atoms with van der Waals surface area (Å²) in [6.45, 7) is 1.90. The Hall–Kier alpha value is -0.740. The largest absolute Gasteiger partial charge is 0.496 e. The second-order valence-corrected chi connectivity index (χ2v) is 6.43. The molecule has 2 nitrogen and oxygen atoms in total. The van der Waals surface area contributed by atoms with Crippen molar-refractivity contribution in [2.75, 3.05) is 13.7 Å². The topological polar surface area (TPSA) is 25.8 Å². The van der Waals surface area contributed by atoms with E-state index in [1.807, 2.05) is 18.2 Å². The third-order valence-corrected chi connectivity index (χ3v) is 4.44. The first-order valence-electron chi connectivity index (χ1n) is 6.68. The van der Waals surface area contributed by atoms with Crippen LogP contribution in [-0.2, 0) is 13.0 Å². The van der Waals surface area contributed by atoms with Crippen molar-refractivity contribution in [1.82, 2.24) is 0 Å². The molecule has 0 spiro atoms. The highest BCUT2D eigenvalue weighted by atomic mass is 79.9. The highest BCUT2D eigenvalue weighted by molar-refractivity contribution is 9.10. The van der Waals surface area contributed by atoms with E-state index in [0.29, 0.717) is 5.02 Å². The van der Waals surface area contributed by atoms with E-state index in [0.717, 1.165) is 40.3 Å². The summed E-state index contributed by atoms with van der Waals surface area (Å²) < 4.78 is 6.21. The van der Waals surface area contributed by atoms with Crippen molar-refractivity contribution >= 4 is 39.1 Å². The van der Waals surface area contributed by atoms with Gasteiger partial charge in [-0.3, -0.25) is 0 Å². The van der Waals surface area contributed by atoms with Crippen molar-refractivity contribution in [3.63, 3.8) is 0 Å². The van der Waals surface area contributed by atoms with E-state index in [2.05, 4.69) is 33.4 Å². The third-order valence-electron chi connectivity index (χ3n) is 3.23. The highest BCUT2D eigenvalue weighted by Gasteiger charge is 2.04. The number of hydrogen-bond acceptors (Lipinski definition) is 1. The van der Waals surface area contributed by atoms with Gasteiger partial charge >= 0.3 is 0 Å². The molecule has 0 atom stereocenters. The van der Waals surface area contributed by atoms with Gasteiger partial charge in [0, 0.05) is 22.0 Å². The number of rotatable bonds is 6. The van der Waals surface area contributed by atoms with Gasteiger partial charge in [0.25, 0.3) is 0 Å². The van der Waals surface area contributed by atoms with E-state index in [-0.39, 0.29) is 0 Å². The molecule has 112 valence electrons. The number of quaternary nitrogens is 1. The fourth-order valence-corrected chi connectivity index (χ4v) is 3.18. The Morgan fingerprint density at radius 3 is 2.62 bits per heavy atom. The first-order chi connectivity index (χ1) is 10.1. The van der Waals surface area contributed by atoms with Crippen molar-refractivity contribution in [3.05, 3.63) is 62.0 Å². The molecule has 0 aliphatic rings. The Bertz CT molecular complexity index is 619. The molecule has 0 saturated carbocycles. The van der Waals surface area contributed by atoms with Gasteiger partial charge in [-0.05, 0) is 51.8 Å². The quantitative estimate of drug-likeness (QED) is 0.740. The fraction of sp³-hybridized carbons (Fsp3) is 0.250. The fourth-order valence-electron chi connectivity index (χ4n) is 2.09. The molecule has 2 rings (SSSR count). The van der Waals surface area contributed by atoms with Crippen molar-refractivity contribution < 1.29 is 10.1 Å². The minimum Gasteiger partial charge on any atom is -0.496 e. The van der Waals surface area contributed by atoms with E-state index in [1.54, 1.807) is 13.2 Å². The molecule has 0 aliphatic heterocycles. The van der Waals surface area contributed by atoms with Crippen molar-refractivity contribution in [2.24, 2.45) is 0 Å². The number of ether oxygens (including phenoxy) is 1. The Balaban J connectivity index is 1.83. The van der Waals surface area contributed by atoms with Crippen LogP contribution in [0.3, 0.4) is 0 Å². The molecule has 0 fully saturated rings. The van der Waals surface area contributed by atoms with E-state index < -0.39 is 0 Å². The van der Waals surface area contributed by atoms with Crippen LogP contribution in [0.1, 0.15) is 11.1 Å². The summed E-state index contributed by atoms with van der Waals surface area (Å²) in [6, 6.07) is 11.8. The maximum Gasteiger partial charge on any atom is 0.133 e. The summed E-state index contributed by atoms with van der Waals surface area (Å²) in [6.07, 6.45) is 0.924. The minimum absolute atomic E-state index is 0.677. The minimum atomic E-state index is 0.677. The van der Waals surface area contributed by atoms with Crippen molar-refractivity contribution in [2.45, 2.75) is 13.0 Å². The van der Waals surface area contributed by atoms with Gasteiger partial charge in [0.2, 0.25) is 0 Å². The van der Waals surface area contributed by atoms with Gasteiger partial charge in [-0.15, -0.1) is 0 Å². The zero-order valence-corrected chi connectivity index (χ0v) is 14.8. The Labute approximate surface area is 143 Å². The maximum atomic E-state index is 6.16. The van der Waals surface area contributed by atoms with Gasteiger partial charge in [0.05, 0.1) is 18.1 Å². The summed E-state index contributed by atoms with van der Waals surface area (Å²) in [5, 5.41) is 3.68. The van der Waals surface area contributed by atoms with Crippen LogP contribution in [0.4, 0.5) is 0 Å². The van der Waals surface area contributed by atoms with Gasteiger partial charge in [-0.25, -0.2) is 0 Å². The van der Waals surface area contributed by atoms with Crippen molar-refractivity contribution in [1.29, 1.82) is 0 Å². The van der Waals surface area contributed by atoms with Crippen molar-refractivity contribution in [3.8, 4) is 5.75 Å². The second kappa shape index (κ2) is 8.04. The molecular formula is C16H17BrCl2NO+. The average Bonchev–Trinajstić information content (AvgIpc) is 2.45. The second-order valence-electron chi connectivity index (χ2n) is 4.74. The Morgan fingerprint density at radius 2 is 1.95 bits per heavy atom. The van der Waals surface area contributed by atoms with Crippen LogP contribution in [-0.4, -0.2) is 13.7 Å². The zero-order valence-electron chi connectivity index (χ0n) is 11.7. The summed E-state index contributed by atoms with van der Waals surface area (Å²) in [7, 11) is 1.67. The number of hydrogen-bond donors (Lipinski definition) is 1. The number of nitrogens with two attached hydrogens (primary N) is 1. The van der Waals surface area contributed by atoms with E-state index in [4.69, 9.17) is 27.9 Å². The first-order valence-corrected chi connectivity index (χ1v) is 8.23. The summed E-state index contributed by atoms with van der Waals surface area (Å²) >= 11 is 15.6. The summed E-state index contributed by atoms with van der Waals surface area (Å²) in [4.78, 5) is 0. The smallest absolute Gasteiger partial charge is 0.133 e. The Morgan fingerprint density at radius 1 is 1.14 bits per heavy atom. The van der Waals surface area contributed by atoms with E-state index in [1.165, 1.54) is 5.56 Å². The molecule has 0 bridgehead atoms.